The van der Waals surface area contributed by atoms with Gasteiger partial charge in [0.25, 0.3) is 0 Å². The van der Waals surface area contributed by atoms with E-state index in [0.717, 1.165) is 5.56 Å². The third-order valence-electron chi connectivity index (χ3n) is 2.58. The molecular formula is C14H17NO3. The first kappa shape index (κ1) is 14.0. The minimum absolute atomic E-state index is 0.0453. The van der Waals surface area contributed by atoms with Crippen LogP contribution < -0.4 is 5.32 Å². The molecule has 4 nitrogen and oxygen atoms in total. The summed E-state index contributed by atoms with van der Waals surface area (Å²) in [6.45, 7) is 3.88. The molecule has 0 saturated heterocycles. The lowest BCUT2D eigenvalue weighted by Crippen LogP contribution is -2.27. The Morgan fingerprint density at radius 2 is 2.00 bits per heavy atom. The fourth-order valence-electron chi connectivity index (χ4n) is 1.62. The van der Waals surface area contributed by atoms with Crippen LogP contribution >= 0.6 is 0 Å². The van der Waals surface area contributed by atoms with Gasteiger partial charge in [-0.25, -0.2) is 0 Å². The fourth-order valence-corrected chi connectivity index (χ4v) is 1.62. The van der Waals surface area contributed by atoms with Gasteiger partial charge in [0.2, 0.25) is 5.91 Å². The molecule has 1 rings (SSSR count). The van der Waals surface area contributed by atoms with Crippen molar-refractivity contribution in [3.63, 3.8) is 0 Å². The molecule has 0 spiro atoms. The lowest BCUT2D eigenvalue weighted by molar-refractivity contribution is -0.136. The van der Waals surface area contributed by atoms with E-state index >= 15 is 0 Å². The standard InChI is InChI=1S/C14H17NO3/c1-2-11(12-6-4-3-5-7-12)10-13(16)15-9-8-14(17)18/h2-7,11H,1,8-10H2,(H,15,16)(H,17,18). The average Bonchev–Trinajstić information content (AvgIpc) is 2.36. The van der Waals surface area contributed by atoms with E-state index in [1.54, 1.807) is 6.08 Å². The van der Waals surface area contributed by atoms with Gasteiger partial charge >= 0.3 is 5.97 Å². The smallest absolute Gasteiger partial charge is 0.305 e. The van der Waals surface area contributed by atoms with Crippen molar-refractivity contribution in [3.05, 3.63) is 48.6 Å². The van der Waals surface area contributed by atoms with E-state index in [4.69, 9.17) is 5.11 Å². The Morgan fingerprint density at radius 3 is 2.56 bits per heavy atom. The summed E-state index contributed by atoms with van der Waals surface area (Å²) in [5.74, 6) is -1.13. The number of allylic oxidation sites excluding steroid dienone is 1. The lowest BCUT2D eigenvalue weighted by Gasteiger charge is -2.12. The van der Waals surface area contributed by atoms with E-state index < -0.39 is 5.97 Å². The van der Waals surface area contributed by atoms with E-state index in [2.05, 4.69) is 11.9 Å². The van der Waals surface area contributed by atoms with Crippen LogP contribution in [0.3, 0.4) is 0 Å². The Kier molecular flexibility index (Phi) is 5.64. The highest BCUT2D eigenvalue weighted by Crippen LogP contribution is 2.20. The van der Waals surface area contributed by atoms with Gasteiger partial charge in [0.1, 0.15) is 0 Å². The van der Waals surface area contributed by atoms with E-state index in [-0.39, 0.29) is 31.2 Å². The Morgan fingerprint density at radius 1 is 1.33 bits per heavy atom. The van der Waals surface area contributed by atoms with Gasteiger partial charge in [-0.05, 0) is 5.56 Å². The van der Waals surface area contributed by atoms with Gasteiger partial charge < -0.3 is 10.4 Å². The van der Waals surface area contributed by atoms with Crippen molar-refractivity contribution in [2.24, 2.45) is 0 Å². The molecular weight excluding hydrogens is 230 g/mol. The minimum atomic E-state index is -0.918. The molecule has 1 aromatic rings. The monoisotopic (exact) mass is 247 g/mol. The summed E-state index contributed by atoms with van der Waals surface area (Å²) in [6, 6.07) is 9.62. The van der Waals surface area contributed by atoms with Gasteiger partial charge in [-0.2, -0.15) is 0 Å². The maximum atomic E-state index is 11.6. The molecule has 0 aliphatic carbocycles. The summed E-state index contributed by atoms with van der Waals surface area (Å²) in [5.41, 5.74) is 1.03. The lowest BCUT2D eigenvalue weighted by atomic mass is 9.95. The van der Waals surface area contributed by atoms with Crippen LogP contribution in [0.4, 0.5) is 0 Å². The first-order chi connectivity index (χ1) is 8.63. The predicted octanol–water partition coefficient (Wildman–Crippen LogP) is 1.94. The van der Waals surface area contributed by atoms with Crippen molar-refractivity contribution in [1.29, 1.82) is 0 Å². The highest BCUT2D eigenvalue weighted by Gasteiger charge is 2.12. The highest BCUT2D eigenvalue weighted by atomic mass is 16.4. The van der Waals surface area contributed by atoms with Gasteiger partial charge in [-0.15, -0.1) is 6.58 Å². The third-order valence-corrected chi connectivity index (χ3v) is 2.58. The summed E-state index contributed by atoms with van der Waals surface area (Å²) in [7, 11) is 0. The number of carboxylic acid groups (broad SMARTS) is 1. The average molecular weight is 247 g/mol. The number of carbonyl (C=O) groups excluding carboxylic acids is 1. The van der Waals surface area contributed by atoms with Crippen LogP contribution in [0.15, 0.2) is 43.0 Å². The largest absolute Gasteiger partial charge is 0.481 e. The molecule has 0 aromatic heterocycles. The van der Waals surface area contributed by atoms with Crippen LogP contribution in [0, 0.1) is 0 Å². The quantitative estimate of drug-likeness (QED) is 0.723. The summed E-state index contributed by atoms with van der Waals surface area (Å²) in [4.78, 5) is 21.9. The molecule has 0 aliphatic heterocycles. The van der Waals surface area contributed by atoms with Crippen molar-refractivity contribution in [3.8, 4) is 0 Å². The molecule has 1 atom stereocenters. The molecule has 2 N–H and O–H groups in total. The second kappa shape index (κ2) is 7.27. The molecule has 1 amide bonds. The number of hydrogen-bond donors (Lipinski definition) is 2. The normalized spacial score (nSPS) is 11.6. The fraction of sp³-hybridized carbons (Fsp3) is 0.286. The van der Waals surface area contributed by atoms with Gasteiger partial charge in [-0.3, -0.25) is 9.59 Å². The molecule has 1 aromatic carbocycles. The molecule has 18 heavy (non-hydrogen) atoms. The summed E-state index contributed by atoms with van der Waals surface area (Å²) in [5, 5.41) is 11.0. The number of benzene rings is 1. The molecule has 96 valence electrons. The Labute approximate surface area is 106 Å². The molecule has 0 aliphatic rings. The van der Waals surface area contributed by atoms with E-state index in [0.29, 0.717) is 0 Å². The van der Waals surface area contributed by atoms with Crippen LogP contribution in [0.2, 0.25) is 0 Å². The van der Waals surface area contributed by atoms with Crippen molar-refractivity contribution in [2.45, 2.75) is 18.8 Å². The topological polar surface area (TPSA) is 66.4 Å². The SMILES string of the molecule is C=CC(CC(=O)NCCC(=O)O)c1ccccc1. The zero-order valence-corrected chi connectivity index (χ0v) is 10.1. The van der Waals surface area contributed by atoms with Gasteiger partial charge in [-0.1, -0.05) is 36.4 Å². The summed E-state index contributed by atoms with van der Waals surface area (Å²) < 4.78 is 0. The molecule has 0 heterocycles. The second-order valence-electron chi connectivity index (χ2n) is 3.95. The zero-order valence-electron chi connectivity index (χ0n) is 10.1. The minimum Gasteiger partial charge on any atom is -0.481 e. The van der Waals surface area contributed by atoms with Gasteiger partial charge in [0.15, 0.2) is 0 Å². The van der Waals surface area contributed by atoms with Crippen LogP contribution in [-0.2, 0) is 9.59 Å². The summed E-state index contributed by atoms with van der Waals surface area (Å²) >= 11 is 0. The van der Waals surface area contributed by atoms with E-state index in [1.165, 1.54) is 0 Å². The predicted molar refractivity (Wildman–Crippen MR) is 69.3 cm³/mol. The number of carbonyl (C=O) groups is 2. The van der Waals surface area contributed by atoms with Gasteiger partial charge in [0, 0.05) is 18.9 Å². The Hall–Kier alpha value is -2.10. The molecule has 0 saturated carbocycles. The second-order valence-corrected chi connectivity index (χ2v) is 3.95. The Bertz CT molecular complexity index is 414. The molecule has 1 unspecified atom stereocenters. The molecule has 0 radical (unpaired) electrons. The zero-order chi connectivity index (χ0) is 13.4. The highest BCUT2D eigenvalue weighted by molar-refractivity contribution is 5.78. The van der Waals surface area contributed by atoms with Crippen LogP contribution in [-0.4, -0.2) is 23.5 Å². The number of nitrogens with one attached hydrogen (secondary N) is 1. The maximum absolute atomic E-state index is 11.6. The number of carboxylic acids is 1. The van der Waals surface area contributed by atoms with Crippen molar-refractivity contribution in [2.75, 3.05) is 6.54 Å². The molecule has 0 fully saturated rings. The third kappa shape index (κ3) is 4.82. The maximum Gasteiger partial charge on any atom is 0.305 e. The van der Waals surface area contributed by atoms with E-state index in [1.807, 2.05) is 30.3 Å². The van der Waals surface area contributed by atoms with Crippen molar-refractivity contribution >= 4 is 11.9 Å². The number of rotatable bonds is 7. The van der Waals surface area contributed by atoms with Crippen LogP contribution in [0.5, 0.6) is 0 Å². The Balaban J connectivity index is 2.46. The number of hydrogen-bond acceptors (Lipinski definition) is 2. The number of aliphatic carboxylic acids is 1. The van der Waals surface area contributed by atoms with Crippen molar-refractivity contribution < 1.29 is 14.7 Å². The first-order valence-electron chi connectivity index (χ1n) is 5.79. The summed E-state index contributed by atoms with van der Waals surface area (Å²) in [6.07, 6.45) is 1.95. The van der Waals surface area contributed by atoms with Gasteiger partial charge in [0.05, 0.1) is 6.42 Å². The molecule has 0 bridgehead atoms. The van der Waals surface area contributed by atoms with Crippen LogP contribution in [0.25, 0.3) is 0 Å². The van der Waals surface area contributed by atoms with Crippen LogP contribution in [0.1, 0.15) is 24.3 Å². The number of amides is 1. The van der Waals surface area contributed by atoms with E-state index in [9.17, 15) is 9.59 Å². The molecule has 4 heteroatoms. The van der Waals surface area contributed by atoms with Crippen molar-refractivity contribution in [1.82, 2.24) is 5.32 Å². The first-order valence-corrected chi connectivity index (χ1v) is 5.79.